The van der Waals surface area contributed by atoms with Gasteiger partial charge in [-0.1, -0.05) is 146 Å². The van der Waals surface area contributed by atoms with Gasteiger partial charge in [0.25, 0.3) is 0 Å². The molecule has 0 fully saturated rings. The standard InChI is InChI=1S/C27H37N2.C18H13N2.Au/c1-18(2)22-11-9-12-23(19(3)4)26(22)28-15-16-29(17-28)27-24(20(5)6)13-10-14-25(27)21(7)8;1-2-8-14(9-3-1)20-17-12-6-4-10-15(17)19-16-11-5-7-13-18(16)20;/h9-21H,1-8H3;1-13H;/q2*-1;. The van der Waals surface area contributed by atoms with Crippen LogP contribution in [-0.2, 0) is 22.4 Å². The molecule has 2 aliphatic heterocycles. The maximum absolute atomic E-state index is 4.74. The van der Waals surface area contributed by atoms with E-state index < -0.39 is 0 Å². The van der Waals surface area contributed by atoms with Gasteiger partial charge in [-0.15, -0.1) is 18.0 Å². The van der Waals surface area contributed by atoms with Crippen LogP contribution in [0.25, 0.3) is 5.32 Å². The van der Waals surface area contributed by atoms with Gasteiger partial charge in [-0.3, -0.25) is 0 Å². The van der Waals surface area contributed by atoms with Gasteiger partial charge in [0, 0.05) is 50.8 Å². The zero-order valence-corrected chi connectivity index (χ0v) is 32.8. The summed E-state index contributed by atoms with van der Waals surface area (Å²) in [6, 6.07) is 40.4. The predicted molar refractivity (Wildman–Crippen MR) is 211 cm³/mol. The summed E-state index contributed by atoms with van der Waals surface area (Å²) in [5.74, 6) is 1.92. The summed E-state index contributed by atoms with van der Waals surface area (Å²) in [7, 11) is 0. The van der Waals surface area contributed by atoms with Gasteiger partial charge in [-0.2, -0.15) is 0 Å². The molecule has 0 saturated carbocycles. The Morgan fingerprint density at radius 2 is 0.800 bits per heavy atom. The second-order valence-electron chi connectivity index (χ2n) is 14.2. The molecule has 5 aromatic carbocycles. The number of fused-ring (bicyclic) bond motifs is 2. The van der Waals surface area contributed by atoms with Gasteiger partial charge in [0.05, 0.1) is 0 Å². The van der Waals surface area contributed by atoms with Crippen LogP contribution in [0.4, 0.5) is 39.8 Å². The van der Waals surface area contributed by atoms with Crippen LogP contribution in [0.2, 0.25) is 0 Å². The van der Waals surface area contributed by atoms with E-state index in [1.807, 2.05) is 18.2 Å². The molecule has 0 atom stereocenters. The van der Waals surface area contributed by atoms with Crippen molar-refractivity contribution in [3.8, 4) is 0 Å². The Morgan fingerprint density at radius 3 is 1.18 bits per heavy atom. The van der Waals surface area contributed by atoms with Crippen LogP contribution < -0.4 is 14.7 Å². The predicted octanol–water partition coefficient (Wildman–Crippen LogP) is 13.9. The molecular formula is C45H50AuN4-2. The fourth-order valence-corrected chi connectivity index (χ4v) is 6.85. The quantitative estimate of drug-likeness (QED) is 0.118. The SMILES string of the molecule is CC(C)c1cccc(C(C)C)c1N1C=CN(c2c(C(C)C)cccc2C(C)C)[CH-]1.[Au].c1ccc(N2c3ccccc3[N-]c3ccccc32)cc1. The molecule has 5 aromatic rings. The Balaban J connectivity index is 0.000000202. The molecule has 0 unspecified atom stereocenters. The molecule has 0 spiro atoms. The number of rotatable bonds is 7. The number of benzene rings is 5. The molecule has 1 radical (unpaired) electrons. The average molecular weight is 844 g/mol. The van der Waals surface area contributed by atoms with Gasteiger partial charge in [0.1, 0.15) is 0 Å². The average Bonchev–Trinajstić information content (AvgIpc) is 3.60. The molecule has 7 rings (SSSR count). The molecule has 5 heteroatoms. The summed E-state index contributed by atoms with van der Waals surface area (Å²) in [5, 5.41) is 4.74. The van der Waals surface area contributed by atoms with E-state index in [0.29, 0.717) is 23.7 Å². The van der Waals surface area contributed by atoms with Crippen molar-refractivity contribution in [2.45, 2.75) is 79.1 Å². The number of nitrogens with zero attached hydrogens (tertiary/aromatic N) is 4. The van der Waals surface area contributed by atoms with Crippen LogP contribution >= 0.6 is 0 Å². The monoisotopic (exact) mass is 843 g/mol. The Bertz CT molecular complexity index is 1740. The molecule has 50 heavy (non-hydrogen) atoms. The van der Waals surface area contributed by atoms with Crippen LogP contribution in [0.3, 0.4) is 0 Å². The molecule has 0 bridgehead atoms. The van der Waals surface area contributed by atoms with Gasteiger partial charge >= 0.3 is 0 Å². The summed E-state index contributed by atoms with van der Waals surface area (Å²) in [6.45, 7) is 20.5. The van der Waals surface area contributed by atoms with E-state index in [1.165, 1.54) is 33.6 Å². The summed E-state index contributed by atoms with van der Waals surface area (Å²) < 4.78 is 0. The van der Waals surface area contributed by atoms with Crippen LogP contribution in [0.1, 0.15) is 101 Å². The zero-order valence-electron chi connectivity index (χ0n) is 30.6. The second kappa shape index (κ2) is 16.2. The maximum atomic E-state index is 4.74. The van der Waals surface area contributed by atoms with Crippen molar-refractivity contribution in [2.24, 2.45) is 0 Å². The molecule has 263 valence electrons. The fraction of sp³-hybridized carbons (Fsp3) is 0.267. The van der Waals surface area contributed by atoms with Crippen molar-refractivity contribution in [1.29, 1.82) is 0 Å². The van der Waals surface area contributed by atoms with E-state index in [1.54, 1.807) is 0 Å². The Labute approximate surface area is 316 Å². The Hall–Kier alpha value is -4.22. The third-order valence-electron chi connectivity index (χ3n) is 9.34. The minimum Gasteiger partial charge on any atom is -0.654 e. The van der Waals surface area contributed by atoms with Gasteiger partial charge in [0.2, 0.25) is 0 Å². The Kier molecular flexibility index (Phi) is 12.0. The summed E-state index contributed by atoms with van der Waals surface area (Å²) in [6.07, 6.45) is 4.43. The third kappa shape index (κ3) is 7.58. The van der Waals surface area contributed by atoms with Gasteiger partial charge in [0.15, 0.2) is 0 Å². The first kappa shape index (κ1) is 37.0. The van der Waals surface area contributed by atoms with Gasteiger partial charge in [-0.05, 0) is 82.6 Å². The molecule has 4 nitrogen and oxygen atoms in total. The van der Waals surface area contributed by atoms with E-state index in [-0.39, 0.29) is 22.4 Å². The van der Waals surface area contributed by atoms with E-state index in [0.717, 1.165) is 28.4 Å². The normalized spacial score (nSPS) is 13.2. The first-order chi connectivity index (χ1) is 23.7. The summed E-state index contributed by atoms with van der Waals surface area (Å²) in [4.78, 5) is 6.91. The first-order valence-electron chi connectivity index (χ1n) is 17.8. The molecule has 0 aromatic heterocycles. The molecule has 0 aliphatic carbocycles. The Morgan fingerprint density at radius 1 is 0.440 bits per heavy atom. The second-order valence-corrected chi connectivity index (χ2v) is 14.2. The largest absolute Gasteiger partial charge is 0.654 e. The topological polar surface area (TPSA) is 23.8 Å². The molecular weight excluding hydrogens is 793 g/mol. The van der Waals surface area contributed by atoms with Crippen molar-refractivity contribution >= 4 is 39.8 Å². The van der Waals surface area contributed by atoms with Crippen LogP contribution in [0, 0.1) is 6.67 Å². The minimum absolute atomic E-state index is 0. The van der Waals surface area contributed by atoms with Crippen molar-refractivity contribution in [1.82, 2.24) is 0 Å². The molecule has 0 amide bonds. The van der Waals surface area contributed by atoms with E-state index in [2.05, 4.69) is 186 Å². The number of anilines is 5. The van der Waals surface area contributed by atoms with E-state index >= 15 is 0 Å². The first-order valence-corrected chi connectivity index (χ1v) is 17.8. The summed E-state index contributed by atoms with van der Waals surface area (Å²) >= 11 is 0. The van der Waals surface area contributed by atoms with Crippen LogP contribution in [0.5, 0.6) is 0 Å². The summed E-state index contributed by atoms with van der Waals surface area (Å²) in [5.41, 5.74) is 13.7. The van der Waals surface area contributed by atoms with Gasteiger partial charge < -0.3 is 20.0 Å². The van der Waals surface area contributed by atoms with Crippen molar-refractivity contribution in [3.63, 3.8) is 0 Å². The van der Waals surface area contributed by atoms with Gasteiger partial charge in [-0.25, -0.2) is 0 Å². The van der Waals surface area contributed by atoms with Crippen LogP contribution in [0.15, 0.2) is 128 Å². The number of hydrogen-bond acceptors (Lipinski definition) is 3. The van der Waals surface area contributed by atoms with E-state index in [4.69, 9.17) is 5.32 Å². The fourth-order valence-electron chi connectivity index (χ4n) is 6.85. The third-order valence-corrected chi connectivity index (χ3v) is 9.34. The minimum atomic E-state index is 0. The zero-order chi connectivity index (χ0) is 34.7. The van der Waals surface area contributed by atoms with Crippen molar-refractivity contribution in [2.75, 3.05) is 14.7 Å². The van der Waals surface area contributed by atoms with Crippen LogP contribution in [-0.4, -0.2) is 0 Å². The number of hydrogen-bond donors (Lipinski definition) is 0. The van der Waals surface area contributed by atoms with Crippen molar-refractivity contribution in [3.05, 3.63) is 162 Å². The van der Waals surface area contributed by atoms with E-state index in [9.17, 15) is 0 Å². The maximum Gasteiger partial charge on any atom is 0.0460 e. The molecule has 2 aliphatic rings. The molecule has 0 N–H and O–H groups in total. The molecule has 2 heterocycles. The number of para-hydroxylation sites is 7. The smallest absolute Gasteiger partial charge is 0.0460 e. The van der Waals surface area contributed by atoms with Crippen molar-refractivity contribution < 1.29 is 22.4 Å². The molecule has 0 saturated heterocycles.